The third kappa shape index (κ3) is 3.34. The molecule has 1 aromatic carbocycles. The second kappa shape index (κ2) is 5.69. The second-order valence-corrected chi connectivity index (χ2v) is 4.47. The van der Waals surface area contributed by atoms with Crippen molar-refractivity contribution in [2.24, 2.45) is 0 Å². The Morgan fingerprint density at radius 3 is 2.67 bits per heavy atom. The lowest BCUT2D eigenvalue weighted by Crippen LogP contribution is -1.98. The number of imidazole rings is 1. The third-order valence-electron chi connectivity index (χ3n) is 2.65. The minimum atomic E-state index is -0.994. The van der Waals surface area contributed by atoms with E-state index < -0.39 is 5.97 Å². The molecule has 0 spiro atoms. The van der Waals surface area contributed by atoms with Gasteiger partial charge in [0.05, 0.1) is 6.33 Å². The second-order valence-electron chi connectivity index (χ2n) is 4.03. The number of nitrogens with zero attached hydrogens (tertiary/aromatic N) is 2. The molecule has 1 aromatic heterocycles. The summed E-state index contributed by atoms with van der Waals surface area (Å²) in [6, 6.07) is 7.74. The summed E-state index contributed by atoms with van der Waals surface area (Å²) in [7, 11) is 0. The highest BCUT2D eigenvalue weighted by Crippen LogP contribution is 2.11. The number of benzene rings is 1. The molecule has 94 valence electrons. The fraction of sp³-hybridized carbons (Fsp3) is 0.231. The Hall–Kier alpha value is -1.81. The largest absolute Gasteiger partial charge is 0.476 e. The summed E-state index contributed by atoms with van der Waals surface area (Å²) in [5.74, 6) is -0.994. The SMILES string of the molecule is O=C(O)c1cn(CCCc2ccc(Cl)cc2)cn1. The predicted octanol–water partition coefficient (Wildman–Crippen LogP) is 2.87. The molecule has 0 radical (unpaired) electrons. The number of aromatic nitrogens is 2. The van der Waals surface area contributed by atoms with Crippen molar-refractivity contribution >= 4 is 17.6 Å². The number of aromatic carboxylic acids is 1. The number of hydrogen-bond acceptors (Lipinski definition) is 2. The number of carboxylic acid groups (broad SMARTS) is 1. The summed E-state index contributed by atoms with van der Waals surface area (Å²) >= 11 is 5.81. The van der Waals surface area contributed by atoms with E-state index in [9.17, 15) is 4.79 Å². The van der Waals surface area contributed by atoms with Gasteiger partial charge in [-0.3, -0.25) is 0 Å². The van der Waals surface area contributed by atoms with Crippen LogP contribution in [0.4, 0.5) is 0 Å². The average Bonchev–Trinajstić information content (AvgIpc) is 2.81. The molecule has 0 aliphatic heterocycles. The van der Waals surface area contributed by atoms with Crippen LogP contribution in [0.15, 0.2) is 36.8 Å². The van der Waals surface area contributed by atoms with Crippen LogP contribution in [0.1, 0.15) is 22.5 Å². The molecule has 0 saturated heterocycles. The van der Waals surface area contributed by atoms with Gasteiger partial charge in [0.15, 0.2) is 5.69 Å². The van der Waals surface area contributed by atoms with Crippen LogP contribution < -0.4 is 0 Å². The lowest BCUT2D eigenvalue weighted by atomic mass is 10.1. The van der Waals surface area contributed by atoms with E-state index in [0.717, 1.165) is 24.4 Å². The van der Waals surface area contributed by atoms with Crippen LogP contribution in [0.25, 0.3) is 0 Å². The lowest BCUT2D eigenvalue weighted by Gasteiger charge is -2.02. The molecule has 0 aliphatic rings. The molecule has 2 rings (SSSR count). The van der Waals surface area contributed by atoms with E-state index in [1.165, 1.54) is 5.56 Å². The van der Waals surface area contributed by atoms with Gasteiger partial charge in [0.1, 0.15) is 0 Å². The monoisotopic (exact) mass is 264 g/mol. The van der Waals surface area contributed by atoms with Crippen molar-refractivity contribution in [1.29, 1.82) is 0 Å². The van der Waals surface area contributed by atoms with Crippen LogP contribution in [0.3, 0.4) is 0 Å². The maximum atomic E-state index is 10.7. The van der Waals surface area contributed by atoms with Crippen LogP contribution in [0.2, 0.25) is 5.02 Å². The van der Waals surface area contributed by atoms with Gasteiger partial charge >= 0.3 is 5.97 Å². The van der Waals surface area contributed by atoms with E-state index in [1.54, 1.807) is 17.1 Å². The Bertz CT molecular complexity index is 534. The Morgan fingerprint density at radius 1 is 1.33 bits per heavy atom. The van der Waals surface area contributed by atoms with E-state index >= 15 is 0 Å². The highest BCUT2D eigenvalue weighted by atomic mass is 35.5. The first-order valence-electron chi connectivity index (χ1n) is 5.64. The molecule has 0 aliphatic carbocycles. The molecule has 4 nitrogen and oxygen atoms in total. The van der Waals surface area contributed by atoms with Crippen LogP contribution >= 0.6 is 11.6 Å². The Kier molecular flexibility index (Phi) is 3.99. The highest BCUT2D eigenvalue weighted by molar-refractivity contribution is 6.30. The Labute approximate surface area is 110 Å². The third-order valence-corrected chi connectivity index (χ3v) is 2.90. The summed E-state index contributed by atoms with van der Waals surface area (Å²) in [5, 5.41) is 9.47. The molecular weight excluding hydrogens is 252 g/mol. The topological polar surface area (TPSA) is 55.1 Å². The Morgan fingerprint density at radius 2 is 2.06 bits per heavy atom. The zero-order valence-electron chi connectivity index (χ0n) is 9.71. The quantitative estimate of drug-likeness (QED) is 0.903. The summed E-state index contributed by atoms with van der Waals surface area (Å²) in [6.45, 7) is 0.753. The van der Waals surface area contributed by atoms with Gasteiger partial charge in [0.25, 0.3) is 0 Å². The summed E-state index contributed by atoms with van der Waals surface area (Å²) < 4.78 is 1.79. The van der Waals surface area contributed by atoms with Gasteiger partial charge < -0.3 is 9.67 Å². The molecular formula is C13H13ClN2O2. The molecule has 0 amide bonds. The summed E-state index contributed by atoms with van der Waals surface area (Å²) in [5.41, 5.74) is 1.31. The van der Waals surface area contributed by atoms with Crippen molar-refractivity contribution in [1.82, 2.24) is 9.55 Å². The van der Waals surface area contributed by atoms with E-state index in [0.29, 0.717) is 0 Å². The van der Waals surface area contributed by atoms with Gasteiger partial charge in [-0.05, 0) is 30.5 Å². The molecule has 0 saturated carbocycles. The van der Waals surface area contributed by atoms with Crippen LogP contribution in [0.5, 0.6) is 0 Å². The van der Waals surface area contributed by atoms with Gasteiger partial charge in [-0.15, -0.1) is 0 Å². The molecule has 0 unspecified atom stereocenters. The molecule has 18 heavy (non-hydrogen) atoms. The van der Waals surface area contributed by atoms with Crippen LogP contribution in [-0.4, -0.2) is 20.6 Å². The van der Waals surface area contributed by atoms with Crippen LogP contribution in [-0.2, 0) is 13.0 Å². The lowest BCUT2D eigenvalue weighted by molar-refractivity contribution is 0.0691. The predicted molar refractivity (Wildman–Crippen MR) is 69.0 cm³/mol. The first-order chi connectivity index (χ1) is 8.65. The smallest absolute Gasteiger partial charge is 0.356 e. The van der Waals surface area contributed by atoms with Crippen molar-refractivity contribution in [3.05, 3.63) is 53.1 Å². The number of rotatable bonds is 5. The fourth-order valence-electron chi connectivity index (χ4n) is 1.71. The fourth-order valence-corrected chi connectivity index (χ4v) is 1.84. The zero-order chi connectivity index (χ0) is 13.0. The van der Waals surface area contributed by atoms with E-state index in [-0.39, 0.29) is 5.69 Å². The molecule has 1 heterocycles. The van der Waals surface area contributed by atoms with Crippen molar-refractivity contribution in [3.63, 3.8) is 0 Å². The van der Waals surface area contributed by atoms with Gasteiger partial charge in [-0.2, -0.15) is 0 Å². The van der Waals surface area contributed by atoms with Gasteiger partial charge in [-0.1, -0.05) is 23.7 Å². The molecule has 0 bridgehead atoms. The maximum absolute atomic E-state index is 10.7. The van der Waals surface area contributed by atoms with E-state index in [2.05, 4.69) is 4.98 Å². The summed E-state index contributed by atoms with van der Waals surface area (Å²) in [4.78, 5) is 14.5. The van der Waals surface area contributed by atoms with Crippen LogP contribution in [0, 0.1) is 0 Å². The molecule has 0 atom stereocenters. The molecule has 1 N–H and O–H groups in total. The molecule has 2 aromatic rings. The normalized spacial score (nSPS) is 10.5. The number of halogens is 1. The summed E-state index contributed by atoms with van der Waals surface area (Å²) in [6.07, 6.45) is 4.95. The maximum Gasteiger partial charge on any atom is 0.356 e. The number of hydrogen-bond donors (Lipinski definition) is 1. The standard InChI is InChI=1S/C13H13ClN2O2/c14-11-5-3-10(4-6-11)2-1-7-16-8-12(13(17)18)15-9-16/h3-6,8-9H,1-2,7H2,(H,17,18). The first kappa shape index (κ1) is 12.6. The van der Waals surface area contributed by atoms with Gasteiger partial charge in [-0.25, -0.2) is 9.78 Å². The number of carboxylic acids is 1. The Balaban J connectivity index is 1.84. The van der Waals surface area contributed by atoms with Gasteiger partial charge in [0, 0.05) is 17.8 Å². The van der Waals surface area contributed by atoms with Crippen molar-refractivity contribution in [2.75, 3.05) is 0 Å². The zero-order valence-corrected chi connectivity index (χ0v) is 10.5. The number of carbonyl (C=O) groups is 1. The molecule has 5 heteroatoms. The number of aryl methyl sites for hydroxylation is 2. The highest BCUT2D eigenvalue weighted by Gasteiger charge is 2.05. The van der Waals surface area contributed by atoms with E-state index in [1.807, 2.05) is 24.3 Å². The minimum Gasteiger partial charge on any atom is -0.476 e. The minimum absolute atomic E-state index is 0.0847. The van der Waals surface area contributed by atoms with Crippen molar-refractivity contribution in [3.8, 4) is 0 Å². The van der Waals surface area contributed by atoms with Gasteiger partial charge in [0.2, 0.25) is 0 Å². The van der Waals surface area contributed by atoms with Crippen molar-refractivity contribution < 1.29 is 9.90 Å². The van der Waals surface area contributed by atoms with Crippen molar-refractivity contribution in [2.45, 2.75) is 19.4 Å². The molecule has 0 fully saturated rings. The average molecular weight is 265 g/mol. The van der Waals surface area contributed by atoms with E-state index in [4.69, 9.17) is 16.7 Å². The first-order valence-corrected chi connectivity index (χ1v) is 6.02.